The molecule has 1 saturated heterocycles. The summed E-state index contributed by atoms with van der Waals surface area (Å²) in [5.41, 5.74) is 0. The summed E-state index contributed by atoms with van der Waals surface area (Å²) in [6.45, 7) is 5.63. The zero-order valence-electron chi connectivity index (χ0n) is 7.44. The third-order valence-corrected chi connectivity index (χ3v) is 2.58. The molecule has 0 unspecified atom stereocenters. The molecule has 2 atom stereocenters. The SMILES string of the molecule is CC(C)C[C@H]1C[C@H](Cl)CCN1. The van der Waals surface area contributed by atoms with Crippen LogP contribution in [0, 0.1) is 5.92 Å². The quantitative estimate of drug-likeness (QED) is 0.636. The van der Waals surface area contributed by atoms with Gasteiger partial charge in [0, 0.05) is 11.4 Å². The highest BCUT2D eigenvalue weighted by molar-refractivity contribution is 6.20. The van der Waals surface area contributed by atoms with Crippen molar-refractivity contribution in [2.24, 2.45) is 5.92 Å². The molecule has 1 heterocycles. The van der Waals surface area contributed by atoms with Gasteiger partial charge in [0.25, 0.3) is 0 Å². The first-order valence-corrected chi connectivity index (χ1v) is 4.99. The smallest absolute Gasteiger partial charge is 0.0362 e. The van der Waals surface area contributed by atoms with E-state index in [1.165, 1.54) is 6.42 Å². The van der Waals surface area contributed by atoms with Gasteiger partial charge in [0.2, 0.25) is 0 Å². The van der Waals surface area contributed by atoms with Gasteiger partial charge >= 0.3 is 0 Å². The van der Waals surface area contributed by atoms with Crippen molar-refractivity contribution in [1.29, 1.82) is 0 Å². The van der Waals surface area contributed by atoms with Crippen LogP contribution in [0.15, 0.2) is 0 Å². The van der Waals surface area contributed by atoms with E-state index in [0.29, 0.717) is 11.4 Å². The Morgan fingerprint density at radius 2 is 2.27 bits per heavy atom. The summed E-state index contributed by atoms with van der Waals surface area (Å²) >= 11 is 6.05. The zero-order valence-corrected chi connectivity index (χ0v) is 8.19. The molecule has 11 heavy (non-hydrogen) atoms. The minimum atomic E-state index is 0.417. The molecule has 66 valence electrons. The summed E-state index contributed by atoms with van der Waals surface area (Å²) < 4.78 is 0. The van der Waals surface area contributed by atoms with Gasteiger partial charge in [-0.05, 0) is 31.7 Å². The minimum absolute atomic E-state index is 0.417. The van der Waals surface area contributed by atoms with Crippen molar-refractivity contribution in [3.8, 4) is 0 Å². The van der Waals surface area contributed by atoms with Crippen LogP contribution in [0.25, 0.3) is 0 Å². The highest BCUT2D eigenvalue weighted by Crippen LogP contribution is 2.19. The third kappa shape index (κ3) is 3.44. The lowest BCUT2D eigenvalue weighted by molar-refractivity contribution is 0.351. The number of rotatable bonds is 2. The maximum atomic E-state index is 6.05. The monoisotopic (exact) mass is 175 g/mol. The second kappa shape index (κ2) is 4.32. The van der Waals surface area contributed by atoms with E-state index >= 15 is 0 Å². The van der Waals surface area contributed by atoms with Gasteiger partial charge in [-0.15, -0.1) is 11.6 Å². The summed E-state index contributed by atoms with van der Waals surface area (Å²) in [6, 6.07) is 0.672. The summed E-state index contributed by atoms with van der Waals surface area (Å²) in [6.07, 6.45) is 3.55. The Morgan fingerprint density at radius 3 is 2.82 bits per heavy atom. The Labute approximate surface area is 74.5 Å². The van der Waals surface area contributed by atoms with E-state index in [9.17, 15) is 0 Å². The van der Waals surface area contributed by atoms with Crippen LogP contribution >= 0.6 is 11.6 Å². The predicted molar refractivity (Wildman–Crippen MR) is 50.1 cm³/mol. The second-order valence-corrected chi connectivity index (χ2v) is 4.52. The van der Waals surface area contributed by atoms with Gasteiger partial charge in [-0.3, -0.25) is 0 Å². The van der Waals surface area contributed by atoms with E-state index in [0.717, 1.165) is 25.3 Å². The van der Waals surface area contributed by atoms with Crippen molar-refractivity contribution in [2.75, 3.05) is 6.54 Å². The second-order valence-electron chi connectivity index (χ2n) is 3.90. The average Bonchev–Trinajstić information content (AvgIpc) is 1.85. The minimum Gasteiger partial charge on any atom is -0.314 e. The number of hydrogen-bond donors (Lipinski definition) is 1. The largest absolute Gasteiger partial charge is 0.314 e. The van der Waals surface area contributed by atoms with Gasteiger partial charge in [-0.1, -0.05) is 13.8 Å². The van der Waals surface area contributed by atoms with E-state index in [-0.39, 0.29) is 0 Å². The Bertz CT molecular complexity index is 112. The van der Waals surface area contributed by atoms with Gasteiger partial charge in [0.15, 0.2) is 0 Å². The van der Waals surface area contributed by atoms with Gasteiger partial charge in [-0.25, -0.2) is 0 Å². The Morgan fingerprint density at radius 1 is 1.55 bits per heavy atom. The summed E-state index contributed by atoms with van der Waals surface area (Å²) in [5, 5.41) is 3.91. The van der Waals surface area contributed by atoms with Crippen LogP contribution in [0.3, 0.4) is 0 Å². The van der Waals surface area contributed by atoms with Crippen LogP contribution < -0.4 is 5.32 Å². The molecule has 1 nitrogen and oxygen atoms in total. The maximum absolute atomic E-state index is 6.05. The fraction of sp³-hybridized carbons (Fsp3) is 1.00. The fourth-order valence-corrected chi connectivity index (χ4v) is 2.03. The molecule has 1 aliphatic rings. The lowest BCUT2D eigenvalue weighted by atomic mass is 9.96. The molecule has 0 aromatic heterocycles. The van der Waals surface area contributed by atoms with Crippen LogP contribution in [-0.2, 0) is 0 Å². The average molecular weight is 176 g/mol. The van der Waals surface area contributed by atoms with Crippen LogP contribution in [0.4, 0.5) is 0 Å². The van der Waals surface area contributed by atoms with E-state index in [4.69, 9.17) is 11.6 Å². The molecule has 1 aliphatic heterocycles. The predicted octanol–water partition coefficient (Wildman–Crippen LogP) is 2.39. The number of nitrogens with one attached hydrogen (secondary N) is 1. The molecule has 1 rings (SSSR count). The molecule has 0 aliphatic carbocycles. The molecular weight excluding hydrogens is 158 g/mol. The standard InChI is InChI=1S/C9H18ClN/c1-7(2)5-9-6-8(10)3-4-11-9/h7-9,11H,3-6H2,1-2H3/t8-,9+/m1/s1. The van der Waals surface area contributed by atoms with E-state index in [2.05, 4.69) is 19.2 Å². The molecule has 0 spiro atoms. The van der Waals surface area contributed by atoms with Gasteiger partial charge < -0.3 is 5.32 Å². The van der Waals surface area contributed by atoms with E-state index < -0.39 is 0 Å². The van der Waals surface area contributed by atoms with Crippen molar-refractivity contribution in [3.63, 3.8) is 0 Å². The molecule has 0 aromatic carbocycles. The van der Waals surface area contributed by atoms with Gasteiger partial charge in [0.05, 0.1) is 0 Å². The first-order chi connectivity index (χ1) is 5.18. The number of piperidine rings is 1. The van der Waals surface area contributed by atoms with Crippen molar-refractivity contribution in [3.05, 3.63) is 0 Å². The van der Waals surface area contributed by atoms with Gasteiger partial charge in [-0.2, -0.15) is 0 Å². The summed E-state index contributed by atoms with van der Waals surface area (Å²) in [5.74, 6) is 0.787. The zero-order chi connectivity index (χ0) is 8.27. The highest BCUT2D eigenvalue weighted by atomic mass is 35.5. The lowest BCUT2D eigenvalue weighted by Gasteiger charge is -2.28. The van der Waals surface area contributed by atoms with Crippen molar-refractivity contribution in [2.45, 2.75) is 44.5 Å². The first-order valence-electron chi connectivity index (χ1n) is 4.56. The van der Waals surface area contributed by atoms with Crippen LogP contribution in [0.1, 0.15) is 33.1 Å². The Kier molecular flexibility index (Phi) is 3.67. The molecule has 1 N–H and O–H groups in total. The maximum Gasteiger partial charge on any atom is 0.0362 e. The van der Waals surface area contributed by atoms with Crippen LogP contribution in [0.5, 0.6) is 0 Å². The normalized spacial score (nSPS) is 32.7. The third-order valence-electron chi connectivity index (χ3n) is 2.19. The molecule has 0 bridgehead atoms. The van der Waals surface area contributed by atoms with Crippen molar-refractivity contribution < 1.29 is 0 Å². The van der Waals surface area contributed by atoms with E-state index in [1.807, 2.05) is 0 Å². The molecular formula is C9H18ClN. The molecule has 1 fully saturated rings. The molecule has 0 aromatic rings. The van der Waals surface area contributed by atoms with Crippen LogP contribution in [-0.4, -0.2) is 18.0 Å². The lowest BCUT2D eigenvalue weighted by Crippen LogP contribution is -2.39. The fourth-order valence-electron chi connectivity index (χ4n) is 1.70. The van der Waals surface area contributed by atoms with Gasteiger partial charge in [0.1, 0.15) is 0 Å². The van der Waals surface area contributed by atoms with Crippen molar-refractivity contribution >= 4 is 11.6 Å². The summed E-state index contributed by atoms with van der Waals surface area (Å²) in [4.78, 5) is 0. The van der Waals surface area contributed by atoms with E-state index in [1.54, 1.807) is 0 Å². The molecule has 2 heteroatoms. The Balaban J connectivity index is 2.23. The molecule has 0 saturated carbocycles. The number of hydrogen-bond acceptors (Lipinski definition) is 1. The molecule has 0 amide bonds. The summed E-state index contributed by atoms with van der Waals surface area (Å²) in [7, 11) is 0. The first kappa shape index (κ1) is 9.34. The number of alkyl halides is 1. The Hall–Kier alpha value is 0.250. The topological polar surface area (TPSA) is 12.0 Å². The van der Waals surface area contributed by atoms with Crippen molar-refractivity contribution in [1.82, 2.24) is 5.32 Å². The molecule has 0 radical (unpaired) electrons. The number of halogens is 1. The van der Waals surface area contributed by atoms with Crippen LogP contribution in [0.2, 0.25) is 0 Å². The highest BCUT2D eigenvalue weighted by Gasteiger charge is 2.19.